The number of hydrogen-bond acceptors (Lipinski definition) is 2. The Morgan fingerprint density at radius 1 is 1.62 bits per heavy atom. The van der Waals surface area contributed by atoms with Crippen molar-refractivity contribution in [2.75, 3.05) is 5.88 Å². The van der Waals surface area contributed by atoms with Gasteiger partial charge in [0.1, 0.15) is 0 Å². The normalized spacial score (nSPS) is 7.62. The molecule has 0 fully saturated rings. The number of carbonyl (C=O) groups excluding carboxylic acids is 1. The third kappa shape index (κ3) is 9.71. The molecule has 0 aliphatic rings. The molecule has 0 aromatic rings. The summed E-state index contributed by atoms with van der Waals surface area (Å²) in [6, 6.07) is 0. The summed E-state index contributed by atoms with van der Waals surface area (Å²) in [4.78, 5) is 9.59. The molecule has 4 heteroatoms. The summed E-state index contributed by atoms with van der Waals surface area (Å²) in [5.41, 5.74) is 0. The minimum Gasteiger partial charge on any atom is -0.550 e. The van der Waals surface area contributed by atoms with Crippen LogP contribution in [-0.4, -0.2) is 11.8 Å². The van der Waals surface area contributed by atoms with Crippen molar-refractivity contribution >= 4 is 17.6 Å². The fourth-order valence-corrected chi connectivity index (χ4v) is 0.345. The minimum absolute atomic E-state index is 0. The molecule has 0 unspecified atom stereocenters. The van der Waals surface area contributed by atoms with Crippen LogP contribution in [0.3, 0.4) is 0 Å². The second kappa shape index (κ2) is 7.50. The van der Waals surface area contributed by atoms with Gasteiger partial charge >= 0.3 is 22.4 Å². The Kier molecular flexibility index (Phi) is 10.6. The van der Waals surface area contributed by atoms with Gasteiger partial charge in [0.05, 0.1) is 0 Å². The van der Waals surface area contributed by atoms with Gasteiger partial charge in [-0.3, -0.25) is 0 Å². The number of alkyl halides is 1. The van der Waals surface area contributed by atoms with Crippen molar-refractivity contribution in [2.45, 2.75) is 12.8 Å². The van der Waals surface area contributed by atoms with Crippen LogP contribution in [0.15, 0.2) is 0 Å². The zero-order chi connectivity index (χ0) is 5.70. The van der Waals surface area contributed by atoms with Crippen LogP contribution in [0.5, 0.6) is 0 Å². The first-order valence-corrected chi connectivity index (χ1v) is 2.56. The van der Waals surface area contributed by atoms with Crippen LogP contribution >= 0.6 is 11.6 Å². The molecule has 0 atom stereocenters. The van der Waals surface area contributed by atoms with Crippen molar-refractivity contribution in [3.63, 3.8) is 0 Å². The van der Waals surface area contributed by atoms with Crippen LogP contribution in [0.2, 0.25) is 0 Å². The van der Waals surface area contributed by atoms with Crippen LogP contribution in [0.1, 0.15) is 12.8 Å². The molecule has 0 N–H and O–H groups in total. The van der Waals surface area contributed by atoms with Gasteiger partial charge < -0.3 is 9.90 Å². The molecule has 0 saturated carbocycles. The van der Waals surface area contributed by atoms with E-state index in [0.717, 1.165) is 0 Å². The summed E-state index contributed by atoms with van der Waals surface area (Å²) in [6.07, 6.45) is 0.577. The van der Waals surface area contributed by atoms with Crippen molar-refractivity contribution in [1.29, 1.82) is 0 Å². The third-order valence-corrected chi connectivity index (χ3v) is 0.782. The van der Waals surface area contributed by atoms with E-state index in [-0.39, 0.29) is 28.8 Å². The Morgan fingerprint density at radius 3 is 2.25 bits per heavy atom. The summed E-state index contributed by atoms with van der Waals surface area (Å²) in [5, 5.41) is 9.59. The van der Waals surface area contributed by atoms with E-state index in [4.69, 9.17) is 11.6 Å². The maximum absolute atomic E-state index is 9.59. The molecule has 0 bridgehead atoms. The summed E-state index contributed by atoms with van der Waals surface area (Å²) >= 11 is 5.15. The first kappa shape index (κ1) is 11.3. The molecule has 0 radical (unpaired) electrons. The van der Waals surface area contributed by atoms with E-state index in [1.807, 2.05) is 0 Å². The predicted octanol–water partition coefficient (Wildman–Crippen LogP) is -0.247. The van der Waals surface area contributed by atoms with Crippen LogP contribution < -0.4 is 5.11 Å². The van der Waals surface area contributed by atoms with Crippen LogP contribution in [0.4, 0.5) is 0 Å². The summed E-state index contributed by atoms with van der Waals surface area (Å²) < 4.78 is 0. The standard InChI is InChI=1S/C4H7ClO2.Ag/c5-3-1-2-4(6)7;/h1-3H2,(H,6,7);/q;+1/p-1. The number of halogens is 1. The Morgan fingerprint density at radius 2 is 2.12 bits per heavy atom. The third-order valence-electron chi connectivity index (χ3n) is 0.515. The molecular formula is C4H6AgClO2. The molecule has 8 heavy (non-hydrogen) atoms. The largest absolute Gasteiger partial charge is 1.00 e. The molecule has 52 valence electrons. The van der Waals surface area contributed by atoms with Crippen molar-refractivity contribution in [3.8, 4) is 0 Å². The van der Waals surface area contributed by atoms with Crippen LogP contribution in [0, 0.1) is 0 Å². The van der Waals surface area contributed by atoms with E-state index in [0.29, 0.717) is 12.3 Å². The summed E-state index contributed by atoms with van der Waals surface area (Å²) in [5.74, 6) is -0.630. The van der Waals surface area contributed by atoms with Crippen LogP contribution in [-0.2, 0) is 27.2 Å². The molecule has 0 aliphatic heterocycles. The topological polar surface area (TPSA) is 40.1 Å². The van der Waals surface area contributed by atoms with E-state index in [9.17, 15) is 9.90 Å². The summed E-state index contributed by atoms with van der Waals surface area (Å²) in [6.45, 7) is 0. The number of carbonyl (C=O) groups is 1. The molecule has 0 aromatic carbocycles. The smallest absolute Gasteiger partial charge is 0.550 e. The van der Waals surface area contributed by atoms with Crippen molar-refractivity contribution < 1.29 is 32.3 Å². The van der Waals surface area contributed by atoms with Gasteiger partial charge in [0.25, 0.3) is 0 Å². The Hall–Kier alpha value is 0.500. The Bertz CT molecular complexity index is 67.1. The number of carboxylic acids is 1. The number of rotatable bonds is 3. The predicted molar refractivity (Wildman–Crippen MR) is 25.0 cm³/mol. The van der Waals surface area contributed by atoms with Crippen molar-refractivity contribution in [1.82, 2.24) is 0 Å². The number of aliphatic carboxylic acids is 1. The minimum atomic E-state index is -1.03. The zero-order valence-electron chi connectivity index (χ0n) is 4.12. The van der Waals surface area contributed by atoms with Crippen molar-refractivity contribution in [3.05, 3.63) is 0 Å². The van der Waals surface area contributed by atoms with Gasteiger partial charge in [-0.05, 0) is 12.8 Å². The van der Waals surface area contributed by atoms with Gasteiger partial charge in [0.2, 0.25) is 0 Å². The van der Waals surface area contributed by atoms with E-state index >= 15 is 0 Å². The van der Waals surface area contributed by atoms with Gasteiger partial charge in [-0.2, -0.15) is 0 Å². The summed E-state index contributed by atoms with van der Waals surface area (Å²) in [7, 11) is 0. The molecule has 0 heterocycles. The Balaban J connectivity index is 0. The molecule has 0 aliphatic carbocycles. The van der Waals surface area contributed by atoms with Gasteiger partial charge in [-0.15, -0.1) is 11.6 Å². The first-order chi connectivity index (χ1) is 3.27. The first-order valence-electron chi connectivity index (χ1n) is 2.03. The van der Waals surface area contributed by atoms with E-state index in [2.05, 4.69) is 0 Å². The van der Waals surface area contributed by atoms with Crippen LogP contribution in [0.25, 0.3) is 0 Å². The fraction of sp³-hybridized carbons (Fsp3) is 0.750. The van der Waals surface area contributed by atoms with Crippen molar-refractivity contribution in [2.24, 2.45) is 0 Å². The molecule has 0 saturated heterocycles. The second-order valence-corrected chi connectivity index (χ2v) is 1.54. The van der Waals surface area contributed by atoms with Gasteiger partial charge in [-0.25, -0.2) is 0 Å². The average Bonchev–Trinajstić information content (AvgIpc) is 1.61. The fourth-order valence-electron chi connectivity index (χ4n) is 0.211. The molecule has 0 spiro atoms. The number of hydrogen-bond donors (Lipinski definition) is 0. The monoisotopic (exact) mass is 228 g/mol. The van der Waals surface area contributed by atoms with Gasteiger partial charge in [0, 0.05) is 11.8 Å². The maximum atomic E-state index is 9.59. The molecule has 0 rings (SSSR count). The van der Waals surface area contributed by atoms with E-state index < -0.39 is 5.97 Å². The van der Waals surface area contributed by atoms with E-state index in [1.54, 1.807) is 0 Å². The molecule has 0 aromatic heterocycles. The van der Waals surface area contributed by atoms with E-state index in [1.165, 1.54) is 0 Å². The Labute approximate surface area is 68.7 Å². The quantitative estimate of drug-likeness (QED) is 0.495. The zero-order valence-corrected chi connectivity index (χ0v) is 6.36. The molecular weight excluding hydrogens is 223 g/mol. The maximum Gasteiger partial charge on any atom is 1.00 e. The average molecular weight is 229 g/mol. The van der Waals surface area contributed by atoms with Gasteiger partial charge in [0.15, 0.2) is 0 Å². The number of carboxylic acid groups (broad SMARTS) is 1. The van der Waals surface area contributed by atoms with Gasteiger partial charge in [-0.1, -0.05) is 0 Å². The molecule has 2 nitrogen and oxygen atoms in total. The second-order valence-electron chi connectivity index (χ2n) is 1.16. The molecule has 0 amide bonds. The SMILES string of the molecule is O=C([O-])CCCCl.[Ag+].